The first-order chi connectivity index (χ1) is 12.4. The Kier molecular flexibility index (Phi) is 5.24. The van der Waals surface area contributed by atoms with Crippen molar-refractivity contribution < 1.29 is 22.7 Å². The second-order valence-electron chi connectivity index (χ2n) is 6.16. The molecule has 1 heterocycles. The number of likely N-dealkylation sites (tertiary alicyclic amines) is 1. The Morgan fingerprint density at radius 2 is 1.96 bits per heavy atom. The normalized spacial score (nSPS) is 17.8. The van der Waals surface area contributed by atoms with E-state index in [0.29, 0.717) is 19.4 Å². The molecule has 1 fully saturated rings. The van der Waals surface area contributed by atoms with Crippen molar-refractivity contribution in [1.29, 1.82) is 0 Å². The number of β-amino-alcohol motifs (C(OH)–C–C–N with tert-alkyl or cyclic N) is 1. The van der Waals surface area contributed by atoms with Crippen molar-refractivity contribution in [2.45, 2.75) is 23.8 Å². The molecule has 3 rings (SSSR count). The molecule has 1 aliphatic rings. The van der Waals surface area contributed by atoms with E-state index in [9.17, 15) is 22.7 Å². The van der Waals surface area contributed by atoms with Crippen molar-refractivity contribution in [2.75, 3.05) is 17.8 Å². The van der Waals surface area contributed by atoms with Crippen molar-refractivity contribution in [3.8, 4) is 0 Å². The Morgan fingerprint density at radius 3 is 2.69 bits per heavy atom. The summed E-state index contributed by atoms with van der Waals surface area (Å²) in [6, 6.07) is 11.0. The zero-order valence-electron chi connectivity index (χ0n) is 13.9. The van der Waals surface area contributed by atoms with Gasteiger partial charge in [0.15, 0.2) is 0 Å². The number of hydrogen-bond acceptors (Lipinski definition) is 4. The first-order valence-corrected chi connectivity index (χ1v) is 9.70. The van der Waals surface area contributed by atoms with Gasteiger partial charge in [0, 0.05) is 18.7 Å². The lowest BCUT2D eigenvalue weighted by Crippen LogP contribution is -2.42. The number of anilines is 1. The third-order valence-electron chi connectivity index (χ3n) is 4.19. The Labute approximate surface area is 151 Å². The van der Waals surface area contributed by atoms with Crippen LogP contribution >= 0.6 is 0 Å². The Morgan fingerprint density at radius 1 is 1.19 bits per heavy atom. The van der Waals surface area contributed by atoms with Gasteiger partial charge in [-0.15, -0.1) is 0 Å². The zero-order chi connectivity index (χ0) is 18.7. The summed E-state index contributed by atoms with van der Waals surface area (Å²) < 4.78 is 40.9. The summed E-state index contributed by atoms with van der Waals surface area (Å²) in [5.74, 6) is -1.03. The van der Waals surface area contributed by atoms with Gasteiger partial charge in [0.2, 0.25) is 0 Å². The van der Waals surface area contributed by atoms with Crippen molar-refractivity contribution in [2.24, 2.45) is 0 Å². The van der Waals surface area contributed by atoms with Gasteiger partial charge in [-0.3, -0.25) is 9.52 Å². The lowest BCUT2D eigenvalue weighted by Gasteiger charge is -2.30. The fourth-order valence-electron chi connectivity index (χ4n) is 2.87. The molecule has 0 saturated carbocycles. The first-order valence-electron chi connectivity index (χ1n) is 8.21. The van der Waals surface area contributed by atoms with Crippen LogP contribution in [0.2, 0.25) is 0 Å². The highest BCUT2D eigenvalue weighted by atomic mass is 32.2. The van der Waals surface area contributed by atoms with E-state index >= 15 is 0 Å². The Balaban J connectivity index is 1.84. The van der Waals surface area contributed by atoms with Crippen LogP contribution in [0.4, 0.5) is 10.1 Å². The molecular formula is C18H19FN2O4S. The quantitative estimate of drug-likeness (QED) is 0.854. The van der Waals surface area contributed by atoms with Crippen LogP contribution in [-0.4, -0.2) is 43.5 Å². The highest BCUT2D eigenvalue weighted by Gasteiger charge is 2.24. The molecule has 26 heavy (non-hydrogen) atoms. The van der Waals surface area contributed by atoms with Crippen LogP contribution in [0, 0.1) is 5.82 Å². The van der Waals surface area contributed by atoms with E-state index in [1.807, 2.05) is 0 Å². The second kappa shape index (κ2) is 7.43. The molecule has 1 saturated heterocycles. The molecule has 0 bridgehead atoms. The summed E-state index contributed by atoms with van der Waals surface area (Å²) in [5, 5.41) is 9.71. The highest BCUT2D eigenvalue weighted by Crippen LogP contribution is 2.21. The molecule has 1 unspecified atom stereocenters. The fraction of sp³-hybridized carbons (Fsp3) is 0.278. The number of sulfonamides is 1. The van der Waals surface area contributed by atoms with Gasteiger partial charge >= 0.3 is 0 Å². The van der Waals surface area contributed by atoms with Crippen LogP contribution in [0.1, 0.15) is 23.2 Å². The molecule has 0 spiro atoms. The summed E-state index contributed by atoms with van der Waals surface area (Å²) in [7, 11) is -4.04. The fourth-order valence-corrected chi connectivity index (χ4v) is 3.98. The number of aliphatic hydroxyl groups excluding tert-OH is 1. The third kappa shape index (κ3) is 4.03. The van der Waals surface area contributed by atoms with Gasteiger partial charge in [-0.2, -0.15) is 0 Å². The molecule has 2 aromatic carbocycles. The molecule has 8 heteroatoms. The summed E-state index contributed by atoms with van der Waals surface area (Å²) in [4.78, 5) is 13.9. The number of nitrogens with one attached hydrogen (secondary N) is 1. The van der Waals surface area contributed by atoms with Crippen LogP contribution in [0.25, 0.3) is 0 Å². The number of rotatable bonds is 4. The van der Waals surface area contributed by atoms with Crippen LogP contribution < -0.4 is 4.72 Å². The van der Waals surface area contributed by atoms with E-state index in [0.717, 1.165) is 6.07 Å². The molecule has 6 nitrogen and oxygen atoms in total. The number of carbonyl (C=O) groups excluding carboxylic acids is 1. The van der Waals surface area contributed by atoms with Crippen molar-refractivity contribution in [3.05, 3.63) is 59.9 Å². The smallest absolute Gasteiger partial charge is 0.262 e. The topological polar surface area (TPSA) is 86.7 Å². The van der Waals surface area contributed by atoms with Gasteiger partial charge in [0.25, 0.3) is 15.9 Å². The number of para-hydroxylation sites is 1. The van der Waals surface area contributed by atoms with Gasteiger partial charge in [0.1, 0.15) is 5.82 Å². The number of hydrogen-bond donors (Lipinski definition) is 2. The number of halogens is 1. The number of benzene rings is 2. The average Bonchev–Trinajstić information content (AvgIpc) is 2.63. The molecule has 2 N–H and O–H groups in total. The maximum atomic E-state index is 13.7. The molecule has 138 valence electrons. The zero-order valence-corrected chi connectivity index (χ0v) is 14.7. The van der Waals surface area contributed by atoms with Gasteiger partial charge in [0.05, 0.1) is 16.7 Å². The standard InChI is InChI=1S/C18H19FN2O4S/c19-16-8-1-2-9-17(16)20-26(24,25)15-7-3-5-13(11-15)18(23)21-10-4-6-14(22)12-21/h1-3,5,7-9,11,14,20,22H,4,6,10,12H2. The van der Waals surface area contributed by atoms with Gasteiger partial charge in [-0.25, -0.2) is 12.8 Å². The number of aliphatic hydroxyl groups is 1. The lowest BCUT2D eigenvalue weighted by molar-refractivity contribution is 0.0473. The molecule has 0 aromatic heterocycles. The minimum atomic E-state index is -4.04. The summed E-state index contributed by atoms with van der Waals surface area (Å²) in [6.45, 7) is 0.740. The summed E-state index contributed by atoms with van der Waals surface area (Å²) in [5.41, 5.74) is 0.0406. The van der Waals surface area contributed by atoms with E-state index < -0.39 is 21.9 Å². The number of amides is 1. The third-order valence-corrected chi connectivity index (χ3v) is 5.56. The number of carbonyl (C=O) groups is 1. The van der Waals surface area contributed by atoms with Crippen molar-refractivity contribution >= 4 is 21.6 Å². The first kappa shape index (κ1) is 18.3. The maximum absolute atomic E-state index is 13.7. The Hall–Kier alpha value is -2.45. The molecule has 0 radical (unpaired) electrons. The average molecular weight is 378 g/mol. The predicted molar refractivity (Wildman–Crippen MR) is 94.8 cm³/mol. The van der Waals surface area contributed by atoms with E-state index in [4.69, 9.17) is 0 Å². The minimum absolute atomic E-state index is 0.135. The van der Waals surface area contributed by atoms with Crippen LogP contribution in [0.15, 0.2) is 53.4 Å². The van der Waals surface area contributed by atoms with Gasteiger partial charge < -0.3 is 10.0 Å². The van der Waals surface area contributed by atoms with Crippen molar-refractivity contribution in [3.63, 3.8) is 0 Å². The maximum Gasteiger partial charge on any atom is 0.262 e. The predicted octanol–water partition coefficient (Wildman–Crippen LogP) is 2.22. The molecule has 1 amide bonds. The lowest BCUT2D eigenvalue weighted by atomic mass is 10.1. The van der Waals surface area contributed by atoms with E-state index in [-0.39, 0.29) is 28.6 Å². The second-order valence-corrected chi connectivity index (χ2v) is 7.84. The molecule has 1 aliphatic heterocycles. The van der Waals surface area contributed by atoms with E-state index in [1.165, 1.54) is 47.4 Å². The van der Waals surface area contributed by atoms with E-state index in [1.54, 1.807) is 0 Å². The number of piperidine rings is 1. The van der Waals surface area contributed by atoms with Gasteiger partial charge in [-0.05, 0) is 43.2 Å². The van der Waals surface area contributed by atoms with Gasteiger partial charge in [-0.1, -0.05) is 18.2 Å². The SMILES string of the molecule is O=C(c1cccc(S(=O)(=O)Nc2ccccc2F)c1)N1CCCC(O)C1. The van der Waals surface area contributed by atoms with Crippen molar-refractivity contribution in [1.82, 2.24) is 4.90 Å². The molecular weight excluding hydrogens is 359 g/mol. The van der Waals surface area contributed by atoms with E-state index in [2.05, 4.69) is 4.72 Å². The monoisotopic (exact) mass is 378 g/mol. The molecule has 0 aliphatic carbocycles. The summed E-state index contributed by atoms with van der Waals surface area (Å²) >= 11 is 0. The Bertz CT molecular complexity index is 917. The number of nitrogens with zero attached hydrogens (tertiary/aromatic N) is 1. The minimum Gasteiger partial charge on any atom is -0.391 e. The summed E-state index contributed by atoms with van der Waals surface area (Å²) in [6.07, 6.45) is 0.771. The van der Waals surface area contributed by atoms with Crippen LogP contribution in [0.5, 0.6) is 0 Å². The van der Waals surface area contributed by atoms with Crippen LogP contribution in [-0.2, 0) is 10.0 Å². The largest absolute Gasteiger partial charge is 0.391 e. The molecule has 2 aromatic rings. The highest BCUT2D eigenvalue weighted by molar-refractivity contribution is 7.92. The van der Waals surface area contributed by atoms with Crippen LogP contribution in [0.3, 0.4) is 0 Å². The molecule has 1 atom stereocenters.